The van der Waals surface area contributed by atoms with Gasteiger partial charge in [-0.2, -0.15) is 13.2 Å². The van der Waals surface area contributed by atoms with Crippen LogP contribution >= 0.6 is 0 Å². The van der Waals surface area contributed by atoms with Gasteiger partial charge in [-0.1, -0.05) is 20.8 Å². The van der Waals surface area contributed by atoms with Crippen LogP contribution in [0.5, 0.6) is 5.75 Å². The number of piperidine rings is 1. The number of hydrogen-bond acceptors (Lipinski definition) is 3. The van der Waals surface area contributed by atoms with Crippen LogP contribution < -0.4 is 15.0 Å². The van der Waals surface area contributed by atoms with Crippen molar-refractivity contribution >= 4 is 5.69 Å². The Balaban J connectivity index is 1.95. The number of hydrogen-bond donors (Lipinski definition) is 1. The van der Waals surface area contributed by atoms with Crippen LogP contribution in [0.2, 0.25) is 0 Å². The molecule has 0 radical (unpaired) electrons. The fourth-order valence-electron chi connectivity index (χ4n) is 3.87. The zero-order valence-electron chi connectivity index (χ0n) is 15.3. The molecule has 25 heavy (non-hydrogen) atoms. The first kappa shape index (κ1) is 18.4. The summed E-state index contributed by atoms with van der Waals surface area (Å²) in [4.78, 5) is 1.82. The van der Waals surface area contributed by atoms with E-state index in [1.807, 2.05) is 11.0 Å². The maximum atomic E-state index is 13.7. The molecule has 6 heteroatoms. The topological polar surface area (TPSA) is 24.5 Å². The van der Waals surface area contributed by atoms with Crippen molar-refractivity contribution in [2.24, 2.45) is 5.41 Å². The predicted octanol–water partition coefficient (Wildman–Crippen LogP) is 4.42. The third-order valence-electron chi connectivity index (χ3n) is 5.23. The molecule has 0 aromatic heterocycles. The average molecular weight is 356 g/mol. The van der Waals surface area contributed by atoms with E-state index in [9.17, 15) is 13.2 Å². The molecule has 0 saturated carbocycles. The molecule has 2 atom stereocenters. The van der Waals surface area contributed by atoms with E-state index in [4.69, 9.17) is 4.74 Å². The maximum Gasteiger partial charge on any atom is 0.418 e. The number of fused-ring (bicyclic) bond motifs is 3. The summed E-state index contributed by atoms with van der Waals surface area (Å²) in [7, 11) is 1.78. The minimum atomic E-state index is -4.39. The first-order valence-electron chi connectivity index (χ1n) is 8.89. The summed E-state index contributed by atoms with van der Waals surface area (Å²) < 4.78 is 46.8. The fourth-order valence-corrected chi connectivity index (χ4v) is 3.87. The van der Waals surface area contributed by atoms with Crippen molar-refractivity contribution in [3.05, 3.63) is 23.3 Å². The number of anilines is 1. The molecule has 140 valence electrons. The molecule has 2 aliphatic heterocycles. The Kier molecular flexibility index (Phi) is 4.69. The van der Waals surface area contributed by atoms with E-state index >= 15 is 0 Å². The summed E-state index contributed by atoms with van der Waals surface area (Å²) in [6.07, 6.45) is -2.74. The molecule has 1 aromatic carbocycles. The summed E-state index contributed by atoms with van der Waals surface area (Å²) in [6.45, 7) is 8.25. The van der Waals surface area contributed by atoms with Gasteiger partial charge in [0.05, 0.1) is 17.9 Å². The van der Waals surface area contributed by atoms with Gasteiger partial charge in [0.1, 0.15) is 5.75 Å². The molecule has 0 amide bonds. The van der Waals surface area contributed by atoms with Crippen molar-refractivity contribution in [2.75, 3.05) is 31.6 Å². The lowest BCUT2D eigenvalue weighted by molar-refractivity contribution is -0.137. The monoisotopic (exact) mass is 356 g/mol. The Morgan fingerprint density at radius 3 is 2.60 bits per heavy atom. The second kappa shape index (κ2) is 6.38. The number of nitrogens with one attached hydrogen (secondary N) is 1. The molecule has 0 aliphatic carbocycles. The van der Waals surface area contributed by atoms with Crippen LogP contribution in [0.15, 0.2) is 12.1 Å². The molecular weight excluding hydrogens is 329 g/mol. The number of alkyl halides is 3. The zero-order chi connectivity index (χ0) is 18.4. The number of nitrogens with zero attached hydrogens (tertiary/aromatic N) is 1. The summed E-state index contributed by atoms with van der Waals surface area (Å²) in [5, 5.41) is 3.31. The Morgan fingerprint density at radius 2 is 1.96 bits per heavy atom. The molecule has 2 aliphatic rings. The minimum Gasteiger partial charge on any atom is -0.494 e. The van der Waals surface area contributed by atoms with Gasteiger partial charge in [-0.05, 0) is 42.5 Å². The molecule has 2 heterocycles. The van der Waals surface area contributed by atoms with Crippen molar-refractivity contribution < 1.29 is 17.9 Å². The van der Waals surface area contributed by atoms with Crippen molar-refractivity contribution in [2.45, 2.75) is 51.7 Å². The van der Waals surface area contributed by atoms with E-state index < -0.39 is 11.7 Å². The molecule has 1 fully saturated rings. The Labute approximate surface area is 147 Å². The van der Waals surface area contributed by atoms with Crippen molar-refractivity contribution in [3.63, 3.8) is 0 Å². The lowest BCUT2D eigenvalue weighted by atomic mass is 9.89. The lowest BCUT2D eigenvalue weighted by Crippen LogP contribution is -2.42. The fraction of sp³-hybridized carbons (Fsp3) is 0.684. The highest BCUT2D eigenvalue weighted by Crippen LogP contribution is 2.50. The smallest absolute Gasteiger partial charge is 0.418 e. The van der Waals surface area contributed by atoms with Gasteiger partial charge in [0.15, 0.2) is 0 Å². The van der Waals surface area contributed by atoms with Crippen LogP contribution in [0.25, 0.3) is 0 Å². The van der Waals surface area contributed by atoms with Crippen LogP contribution in [0, 0.1) is 5.41 Å². The van der Waals surface area contributed by atoms with E-state index in [1.165, 1.54) is 6.07 Å². The van der Waals surface area contributed by atoms with E-state index in [0.717, 1.165) is 24.9 Å². The van der Waals surface area contributed by atoms with Gasteiger partial charge < -0.3 is 15.0 Å². The highest BCUT2D eigenvalue weighted by molar-refractivity contribution is 5.69. The van der Waals surface area contributed by atoms with Crippen molar-refractivity contribution in [3.8, 4) is 5.75 Å². The van der Waals surface area contributed by atoms with E-state index in [2.05, 4.69) is 26.1 Å². The van der Waals surface area contributed by atoms with Crippen LogP contribution in [0.4, 0.5) is 18.9 Å². The number of benzene rings is 1. The average Bonchev–Trinajstić information content (AvgIpc) is 2.78. The highest BCUT2D eigenvalue weighted by atomic mass is 19.4. The number of likely N-dealkylation sites (N-methyl/N-ethyl adjacent to an activating group) is 1. The van der Waals surface area contributed by atoms with Crippen LogP contribution in [-0.4, -0.2) is 32.8 Å². The van der Waals surface area contributed by atoms with E-state index in [0.29, 0.717) is 24.6 Å². The minimum absolute atomic E-state index is 0.0843. The second-order valence-electron chi connectivity index (χ2n) is 8.34. The van der Waals surface area contributed by atoms with Gasteiger partial charge in [0, 0.05) is 25.6 Å². The highest BCUT2D eigenvalue weighted by Gasteiger charge is 2.45. The summed E-state index contributed by atoms with van der Waals surface area (Å²) in [5.74, 6) is 0.413. The van der Waals surface area contributed by atoms with E-state index in [1.54, 1.807) is 7.05 Å². The number of rotatable bonds is 3. The Morgan fingerprint density at radius 1 is 1.24 bits per heavy atom. The standard InChI is InChI=1S/C19H27F3N2O/c1-18(2,3)6-8-25-12-9-13-14-11-23-7-5-16(14)24(4)17(13)15(10-12)19(20,21)22/h9-10,14,16,23H,5-8,11H2,1-4H3. The van der Waals surface area contributed by atoms with Crippen LogP contribution in [0.1, 0.15) is 50.7 Å². The van der Waals surface area contributed by atoms with Gasteiger partial charge in [-0.25, -0.2) is 0 Å². The predicted molar refractivity (Wildman–Crippen MR) is 93.4 cm³/mol. The number of ether oxygens (including phenoxy) is 1. The molecule has 2 unspecified atom stereocenters. The van der Waals surface area contributed by atoms with Gasteiger partial charge in [-0.3, -0.25) is 0 Å². The summed E-state index contributed by atoms with van der Waals surface area (Å²) in [5.41, 5.74) is 0.602. The number of halogens is 3. The third kappa shape index (κ3) is 3.73. The van der Waals surface area contributed by atoms with Crippen molar-refractivity contribution in [1.29, 1.82) is 0 Å². The molecule has 1 saturated heterocycles. The Bertz CT molecular complexity index is 637. The molecule has 0 bridgehead atoms. The van der Waals surface area contributed by atoms with Gasteiger partial charge in [0.25, 0.3) is 0 Å². The molecule has 0 spiro atoms. The first-order valence-corrected chi connectivity index (χ1v) is 8.89. The van der Waals surface area contributed by atoms with Crippen molar-refractivity contribution in [1.82, 2.24) is 5.32 Å². The maximum absolute atomic E-state index is 13.7. The van der Waals surface area contributed by atoms with Crippen LogP contribution in [0.3, 0.4) is 0 Å². The third-order valence-corrected chi connectivity index (χ3v) is 5.23. The lowest BCUT2D eigenvalue weighted by Gasteiger charge is -2.31. The molecule has 1 N–H and O–H groups in total. The normalized spacial score (nSPS) is 23.4. The largest absolute Gasteiger partial charge is 0.494 e. The second-order valence-corrected chi connectivity index (χ2v) is 8.34. The van der Waals surface area contributed by atoms with Gasteiger partial charge >= 0.3 is 6.18 Å². The van der Waals surface area contributed by atoms with Gasteiger partial charge in [-0.15, -0.1) is 0 Å². The quantitative estimate of drug-likeness (QED) is 0.868. The molecule has 1 aromatic rings. The van der Waals surface area contributed by atoms with Crippen LogP contribution in [-0.2, 0) is 6.18 Å². The Hall–Kier alpha value is -1.43. The van der Waals surface area contributed by atoms with Gasteiger partial charge in [0.2, 0.25) is 0 Å². The van der Waals surface area contributed by atoms with E-state index in [-0.39, 0.29) is 17.4 Å². The molecule has 3 nitrogen and oxygen atoms in total. The summed E-state index contributed by atoms with van der Waals surface area (Å²) in [6, 6.07) is 3.12. The molecular formula is C19H27F3N2O. The molecule has 3 rings (SSSR count). The summed E-state index contributed by atoms with van der Waals surface area (Å²) >= 11 is 0. The zero-order valence-corrected chi connectivity index (χ0v) is 15.3. The first-order chi connectivity index (χ1) is 11.6. The SMILES string of the molecule is CN1c2c(cc(OCCC(C)(C)C)cc2C(F)(F)F)C2CNCCC21.